The number of carboxylic acids is 2. The summed E-state index contributed by atoms with van der Waals surface area (Å²) in [4.78, 5) is 33.6. The molecular formula is C120H126BF10N4O4PS2. The first-order chi connectivity index (χ1) is 66.8. The molecule has 0 amide bonds. The molecule has 0 saturated carbocycles. The SMILES string of the molecule is CC(C)CCN1/C(=C/C=C2\CCC(/C=C/C3=[N+](CCC(C)C)c4ccc5ccccc5c4C3(C)C)=C2Sc2ccc(C(=O)O)cc2)C(C)(C)c2c1ccc1ccccc21.CC(C)CCN1/C(=C/C=C2\CCC(/C=C/C3=[N+](CCC(C)C)c4ccc5ccccc5c4C3(C)Cc3ccccc3)=C2Sc2ccc(C(=O)O)cc2)C(C)(Cc2ccccc2)c2c1ccc1ccccc21.FB(F)F.F[P-](F)(F)(F)(F)F.[F-]. The second-order valence-electron chi connectivity index (χ2n) is 41.0. The van der Waals surface area contributed by atoms with Gasteiger partial charge < -0.3 is 24.7 Å². The van der Waals surface area contributed by atoms with Crippen molar-refractivity contribution in [2.45, 2.75) is 193 Å². The van der Waals surface area contributed by atoms with Crippen LogP contribution >= 0.6 is 31.3 Å². The standard InChI is InChI=1S/C66H66N2O2S.C54H58N2O2S.BF3.F6P.FH/c1-45(2)39-41-67-57-35-29-49-21-13-15-23-55(49)61(57)65(5,43-47-17-9-7-10-18-47)59(67)37-31-51-25-26-52(63(51)71-54-33-27-53(28-34-54)64(69)70)32-38-60-66(6,44-48-19-11-8-12-20-48)62-56-24-16-14-22-50(56)30-36-58(62)68(60)42-40-46(3)4;1-35(2)31-33-55-45-27-21-37-13-9-11-15-43(37)49(45)53(5,6)47(55)29-23-39-17-18-40(51(39)59-42-25-19-41(20-26-42)52(57)58)24-30-48-54(7,8)50-44-16-12-10-14-38(44)22-28-46(50)56(48)34-32-36(3)4;2-1(3)4;1-7(2,3,4,5)6;/h7-24,27-38,45-46H,25-26,39-44H2,1-6H3;9-16,19-30,35-36H,17-18,31-34H2,1-8H3;;;1H/q;;;-1;/p+1. The predicted octanol–water partition coefficient (Wildman–Crippen LogP) is 32.0. The van der Waals surface area contributed by atoms with E-state index in [0.29, 0.717) is 34.8 Å². The summed E-state index contributed by atoms with van der Waals surface area (Å²) in [7, 11) is -14.3. The minimum atomic E-state index is -10.7. The molecule has 22 heteroatoms. The van der Waals surface area contributed by atoms with E-state index in [1.54, 1.807) is 47.8 Å². The topological polar surface area (TPSA) is 87.1 Å². The molecule has 0 fully saturated rings. The van der Waals surface area contributed by atoms with Crippen molar-refractivity contribution in [2.75, 3.05) is 36.0 Å². The number of hydrogen-bond donors (Lipinski definition) is 2. The van der Waals surface area contributed by atoms with Crippen molar-refractivity contribution in [3.63, 3.8) is 0 Å². The molecule has 0 aromatic heterocycles. The van der Waals surface area contributed by atoms with Gasteiger partial charge in [0.2, 0.25) is 11.4 Å². The van der Waals surface area contributed by atoms with Gasteiger partial charge in [0.25, 0.3) is 0 Å². The summed E-state index contributed by atoms with van der Waals surface area (Å²) in [6, 6.07) is 90.9. The van der Waals surface area contributed by atoms with E-state index in [4.69, 9.17) is 0 Å². The fourth-order valence-electron chi connectivity index (χ4n) is 21.3. The third kappa shape index (κ3) is 24.2. The molecule has 0 radical (unpaired) electrons. The van der Waals surface area contributed by atoms with Crippen molar-refractivity contribution in [3.05, 3.63) is 391 Å². The third-order valence-corrected chi connectivity index (χ3v) is 30.6. The molecule has 18 rings (SSSR count). The number of anilines is 2. The summed E-state index contributed by atoms with van der Waals surface area (Å²) in [6.45, 7) is 36.9. The van der Waals surface area contributed by atoms with E-state index >= 15 is 0 Å². The van der Waals surface area contributed by atoms with Gasteiger partial charge >= 0.3 is 52.5 Å². The van der Waals surface area contributed by atoms with E-state index in [1.165, 1.54) is 154 Å². The van der Waals surface area contributed by atoms with Crippen LogP contribution in [0.5, 0.6) is 0 Å². The second-order valence-corrected chi connectivity index (χ2v) is 45.1. The molecule has 142 heavy (non-hydrogen) atoms. The average molecular weight is 1980 g/mol. The van der Waals surface area contributed by atoms with Crippen LogP contribution in [-0.4, -0.2) is 76.4 Å². The molecule has 2 atom stereocenters. The van der Waals surface area contributed by atoms with Crippen LogP contribution in [-0.2, 0) is 34.5 Å². The molecule has 8 nitrogen and oxygen atoms in total. The Hall–Kier alpha value is -12.0. The van der Waals surface area contributed by atoms with Gasteiger partial charge in [-0.2, -0.15) is 9.15 Å². The maximum absolute atomic E-state index is 12.0. The first-order valence-electron chi connectivity index (χ1n) is 49.0. The molecule has 0 bridgehead atoms. The van der Waals surface area contributed by atoms with Crippen LogP contribution in [0, 0.1) is 23.7 Å². The van der Waals surface area contributed by atoms with Crippen LogP contribution in [0.25, 0.3) is 43.1 Å². The first kappa shape index (κ1) is 106. The Bertz CT molecular complexity index is 7070. The molecule has 12 aromatic rings. The summed E-state index contributed by atoms with van der Waals surface area (Å²) in [6.07, 6.45) is 29.3. The van der Waals surface area contributed by atoms with Crippen molar-refractivity contribution in [2.24, 2.45) is 23.7 Å². The van der Waals surface area contributed by atoms with Gasteiger partial charge in [0.05, 0.1) is 22.0 Å². The number of aromatic carboxylic acids is 2. The Balaban J connectivity index is 0.000000205. The van der Waals surface area contributed by atoms with Gasteiger partial charge in [0.15, 0.2) is 11.4 Å². The zero-order valence-electron chi connectivity index (χ0n) is 83.2. The minimum absolute atomic E-state index is 0. The number of carbonyl (C=O) groups is 2. The van der Waals surface area contributed by atoms with Crippen LogP contribution in [0.1, 0.15) is 202 Å². The van der Waals surface area contributed by atoms with E-state index in [0.717, 1.165) is 100 Å². The maximum atomic E-state index is 12.0. The predicted molar refractivity (Wildman–Crippen MR) is 573 cm³/mol. The number of allylic oxidation sites excluding steroid dienone is 14. The van der Waals surface area contributed by atoms with Crippen LogP contribution < -0.4 is 14.5 Å². The van der Waals surface area contributed by atoms with Crippen LogP contribution in [0.2, 0.25) is 0 Å². The van der Waals surface area contributed by atoms with Gasteiger partial charge in [-0.15, -0.1) is 0 Å². The van der Waals surface area contributed by atoms with Gasteiger partial charge in [-0.3, -0.25) is 12.9 Å². The number of carboxylic acid groups (broad SMARTS) is 2. The monoisotopic (exact) mass is 1980 g/mol. The van der Waals surface area contributed by atoms with E-state index in [1.807, 2.05) is 24.3 Å². The summed E-state index contributed by atoms with van der Waals surface area (Å²) < 4.78 is 93.4. The van der Waals surface area contributed by atoms with Gasteiger partial charge in [-0.1, -0.05) is 287 Å². The van der Waals surface area contributed by atoms with E-state index < -0.39 is 27.3 Å². The van der Waals surface area contributed by atoms with Crippen molar-refractivity contribution >= 4 is 128 Å². The average Bonchev–Trinajstić information content (AvgIpc) is 1.46. The van der Waals surface area contributed by atoms with E-state index in [2.05, 4.69) is 371 Å². The summed E-state index contributed by atoms with van der Waals surface area (Å²) >= 11 is 3.53. The van der Waals surface area contributed by atoms with E-state index in [9.17, 15) is 57.9 Å². The van der Waals surface area contributed by atoms with Crippen molar-refractivity contribution in [3.8, 4) is 0 Å². The third-order valence-electron chi connectivity index (χ3n) is 28.1. The molecule has 12 aromatic carbocycles. The van der Waals surface area contributed by atoms with Crippen molar-refractivity contribution in [1.82, 2.24) is 0 Å². The van der Waals surface area contributed by atoms with Crippen molar-refractivity contribution in [1.29, 1.82) is 0 Å². The fraction of sp³-hybridized carbons (Fsp3) is 0.300. The Kier molecular flexibility index (Phi) is 31.9. The quantitative estimate of drug-likeness (QED) is 0.0217. The first-order valence-corrected chi connectivity index (χ1v) is 52.7. The van der Waals surface area contributed by atoms with Crippen LogP contribution in [0.4, 0.5) is 60.9 Å². The van der Waals surface area contributed by atoms with Gasteiger partial charge in [-0.25, -0.2) is 9.59 Å². The fourth-order valence-corrected chi connectivity index (χ4v) is 23.5. The number of halogens is 10. The maximum Gasteiger partial charge on any atom is -1.00 e. The largest absolute Gasteiger partial charge is 1.00 e. The summed E-state index contributed by atoms with van der Waals surface area (Å²) in [5.41, 5.74) is 23.9. The summed E-state index contributed by atoms with van der Waals surface area (Å²) in [5.74, 6) is 0.496. The van der Waals surface area contributed by atoms with E-state index in [-0.39, 0.29) is 26.4 Å². The molecule has 2 aliphatic carbocycles. The molecule has 2 N–H and O–H groups in total. The minimum Gasteiger partial charge on any atom is -1.00 e. The van der Waals surface area contributed by atoms with Gasteiger partial charge in [-0.05, 0) is 275 Å². The number of thioether (sulfide) groups is 2. The van der Waals surface area contributed by atoms with Crippen molar-refractivity contribution < 1.29 is 71.8 Å². The molecule has 4 heterocycles. The Morgan fingerprint density at radius 1 is 0.387 bits per heavy atom. The summed E-state index contributed by atoms with van der Waals surface area (Å²) in [5, 5.41) is 29.9. The zero-order chi connectivity index (χ0) is 101. The number of benzene rings is 12. The number of hydrogen-bond acceptors (Lipinski definition) is 6. The Morgan fingerprint density at radius 2 is 0.725 bits per heavy atom. The molecule has 0 saturated heterocycles. The molecule has 0 spiro atoms. The molecule has 4 aliphatic heterocycles. The number of rotatable bonds is 28. The normalized spacial score (nSPS) is 19.1. The van der Waals surface area contributed by atoms with Crippen LogP contribution in [0.3, 0.4) is 0 Å². The second kappa shape index (κ2) is 42.9. The number of fused-ring (bicyclic) bond motifs is 12. The Labute approximate surface area is 838 Å². The molecule has 6 aliphatic rings. The Morgan fingerprint density at radius 3 is 1.14 bits per heavy atom. The zero-order valence-corrected chi connectivity index (χ0v) is 85.7. The van der Waals surface area contributed by atoms with Gasteiger partial charge in [0, 0.05) is 115 Å². The number of nitrogens with zero attached hydrogens (tertiary/aromatic N) is 4. The molecule has 2 unspecified atom stereocenters. The smallest absolute Gasteiger partial charge is 1.00 e. The molecule has 740 valence electrons. The van der Waals surface area contributed by atoms with Gasteiger partial charge in [0.1, 0.15) is 13.1 Å². The van der Waals surface area contributed by atoms with Crippen LogP contribution in [0.15, 0.2) is 357 Å². The molecular weight excluding hydrogens is 1860 g/mol.